The van der Waals surface area contributed by atoms with E-state index in [0.29, 0.717) is 24.6 Å². The van der Waals surface area contributed by atoms with Crippen LogP contribution in [0.15, 0.2) is 24.3 Å². The molecular weight excluding hydrogens is 304 g/mol. The Hall–Kier alpha value is -1.88. The van der Waals surface area contributed by atoms with Gasteiger partial charge in [-0.2, -0.15) is 0 Å². The van der Waals surface area contributed by atoms with E-state index in [0.717, 1.165) is 31.5 Å². The first-order chi connectivity index (χ1) is 11.4. The summed E-state index contributed by atoms with van der Waals surface area (Å²) < 4.78 is 0. The third-order valence-corrected chi connectivity index (χ3v) is 4.77. The second-order valence-corrected chi connectivity index (χ2v) is 6.70. The predicted octanol–water partition coefficient (Wildman–Crippen LogP) is 3.00. The number of carbonyl (C=O) groups excluding carboxylic acids is 1. The van der Waals surface area contributed by atoms with Crippen molar-refractivity contribution in [2.24, 2.45) is 0 Å². The number of amides is 1. The van der Waals surface area contributed by atoms with Crippen LogP contribution in [0.25, 0.3) is 0 Å². The summed E-state index contributed by atoms with van der Waals surface area (Å²) in [4.78, 5) is 27.9. The van der Waals surface area contributed by atoms with Crippen LogP contribution < -0.4 is 0 Å². The van der Waals surface area contributed by atoms with E-state index in [1.807, 2.05) is 24.3 Å². The van der Waals surface area contributed by atoms with Crippen LogP contribution in [0.1, 0.15) is 56.0 Å². The fourth-order valence-electron chi connectivity index (χ4n) is 3.24. The molecule has 0 aromatic heterocycles. The van der Waals surface area contributed by atoms with Crippen LogP contribution in [0.2, 0.25) is 0 Å². The van der Waals surface area contributed by atoms with E-state index >= 15 is 0 Å². The monoisotopic (exact) mass is 332 g/mol. The quantitative estimate of drug-likeness (QED) is 0.870. The number of hydrogen-bond acceptors (Lipinski definition) is 3. The van der Waals surface area contributed by atoms with Crippen molar-refractivity contribution in [1.82, 2.24) is 9.80 Å². The fourth-order valence-corrected chi connectivity index (χ4v) is 3.24. The number of carboxylic acids is 1. The van der Waals surface area contributed by atoms with Gasteiger partial charge in [-0.25, -0.2) is 4.79 Å². The zero-order chi connectivity index (χ0) is 17.7. The van der Waals surface area contributed by atoms with Crippen LogP contribution in [0.5, 0.6) is 0 Å². The molecule has 1 aliphatic heterocycles. The SMILES string of the molecule is CCN(Cc1ccc(C(=O)N2CCCCC2C(=O)O)cc1)C(C)C. The number of aliphatic carboxylic acids is 1. The number of rotatable bonds is 6. The van der Waals surface area contributed by atoms with Gasteiger partial charge in [0.25, 0.3) is 5.91 Å². The van der Waals surface area contributed by atoms with Crippen molar-refractivity contribution >= 4 is 11.9 Å². The number of carbonyl (C=O) groups is 2. The first kappa shape index (κ1) is 18.5. The summed E-state index contributed by atoms with van der Waals surface area (Å²) in [5, 5.41) is 9.33. The van der Waals surface area contributed by atoms with Gasteiger partial charge in [0.05, 0.1) is 0 Å². The third-order valence-electron chi connectivity index (χ3n) is 4.77. The van der Waals surface area contributed by atoms with Crippen molar-refractivity contribution in [3.63, 3.8) is 0 Å². The minimum Gasteiger partial charge on any atom is -0.480 e. The van der Waals surface area contributed by atoms with Gasteiger partial charge in [-0.05, 0) is 57.4 Å². The molecule has 1 fully saturated rings. The van der Waals surface area contributed by atoms with E-state index < -0.39 is 12.0 Å². The molecule has 0 spiro atoms. The molecule has 1 aromatic carbocycles. The Morgan fingerprint density at radius 3 is 2.46 bits per heavy atom. The lowest BCUT2D eigenvalue weighted by molar-refractivity contribution is -0.143. The first-order valence-electron chi connectivity index (χ1n) is 8.80. The van der Waals surface area contributed by atoms with Crippen LogP contribution in [-0.4, -0.2) is 52.0 Å². The number of hydrogen-bond donors (Lipinski definition) is 1. The fraction of sp³-hybridized carbons (Fsp3) is 0.579. The summed E-state index contributed by atoms with van der Waals surface area (Å²) >= 11 is 0. The normalized spacial score (nSPS) is 18.2. The molecule has 1 aliphatic rings. The van der Waals surface area contributed by atoms with Crippen molar-refractivity contribution in [2.45, 2.75) is 58.7 Å². The smallest absolute Gasteiger partial charge is 0.326 e. The summed E-state index contributed by atoms with van der Waals surface area (Å²) in [7, 11) is 0. The van der Waals surface area contributed by atoms with E-state index in [-0.39, 0.29) is 5.91 Å². The summed E-state index contributed by atoms with van der Waals surface area (Å²) in [6.07, 6.45) is 2.27. The van der Waals surface area contributed by atoms with Crippen LogP contribution in [0.3, 0.4) is 0 Å². The van der Waals surface area contributed by atoms with Gasteiger partial charge < -0.3 is 10.0 Å². The highest BCUT2D eigenvalue weighted by molar-refractivity contribution is 5.96. The molecule has 0 radical (unpaired) electrons. The Bertz CT molecular complexity index is 568. The van der Waals surface area contributed by atoms with Crippen molar-refractivity contribution in [3.8, 4) is 0 Å². The maximum Gasteiger partial charge on any atom is 0.326 e. The van der Waals surface area contributed by atoms with E-state index in [2.05, 4.69) is 25.7 Å². The zero-order valence-electron chi connectivity index (χ0n) is 14.9. The standard InChI is InChI=1S/C19H28N2O3/c1-4-20(14(2)3)13-15-8-10-16(11-9-15)18(22)21-12-6-5-7-17(21)19(23)24/h8-11,14,17H,4-7,12-13H2,1-3H3,(H,23,24). The Balaban J connectivity index is 2.09. The van der Waals surface area contributed by atoms with Crippen molar-refractivity contribution in [2.75, 3.05) is 13.1 Å². The largest absolute Gasteiger partial charge is 0.480 e. The molecule has 2 rings (SSSR count). The van der Waals surface area contributed by atoms with E-state index in [4.69, 9.17) is 0 Å². The Labute approximate surface area is 144 Å². The second kappa shape index (κ2) is 8.29. The Morgan fingerprint density at radius 2 is 1.92 bits per heavy atom. The Morgan fingerprint density at radius 1 is 1.25 bits per heavy atom. The second-order valence-electron chi connectivity index (χ2n) is 6.70. The highest BCUT2D eigenvalue weighted by Crippen LogP contribution is 2.20. The van der Waals surface area contributed by atoms with Gasteiger partial charge in [0.15, 0.2) is 0 Å². The summed E-state index contributed by atoms with van der Waals surface area (Å²) in [5.41, 5.74) is 1.73. The van der Waals surface area contributed by atoms with E-state index in [9.17, 15) is 14.7 Å². The molecule has 1 unspecified atom stereocenters. The minimum atomic E-state index is -0.907. The lowest BCUT2D eigenvalue weighted by Gasteiger charge is -2.33. The van der Waals surface area contributed by atoms with Gasteiger partial charge in [-0.15, -0.1) is 0 Å². The molecule has 1 amide bonds. The summed E-state index contributed by atoms with van der Waals surface area (Å²) in [6.45, 7) is 8.83. The van der Waals surface area contributed by atoms with Gasteiger partial charge in [0, 0.05) is 24.7 Å². The topological polar surface area (TPSA) is 60.9 Å². The maximum absolute atomic E-state index is 12.7. The molecule has 0 aliphatic carbocycles. The van der Waals surface area contributed by atoms with Gasteiger partial charge in [0.1, 0.15) is 6.04 Å². The van der Waals surface area contributed by atoms with E-state index in [1.165, 1.54) is 4.90 Å². The van der Waals surface area contributed by atoms with Gasteiger partial charge in [0.2, 0.25) is 0 Å². The van der Waals surface area contributed by atoms with Crippen LogP contribution in [0, 0.1) is 0 Å². The molecule has 5 nitrogen and oxygen atoms in total. The first-order valence-corrected chi connectivity index (χ1v) is 8.80. The Kier molecular flexibility index (Phi) is 6.37. The maximum atomic E-state index is 12.7. The highest BCUT2D eigenvalue weighted by atomic mass is 16.4. The van der Waals surface area contributed by atoms with Gasteiger partial charge in [-0.1, -0.05) is 19.1 Å². The van der Waals surface area contributed by atoms with E-state index in [1.54, 1.807) is 0 Å². The molecule has 24 heavy (non-hydrogen) atoms. The van der Waals surface area contributed by atoms with Crippen LogP contribution in [0.4, 0.5) is 0 Å². The molecule has 1 heterocycles. The highest BCUT2D eigenvalue weighted by Gasteiger charge is 2.32. The molecule has 0 saturated carbocycles. The molecule has 1 saturated heterocycles. The molecule has 1 atom stereocenters. The average Bonchev–Trinajstić information content (AvgIpc) is 2.59. The van der Waals surface area contributed by atoms with Gasteiger partial charge in [-0.3, -0.25) is 9.69 Å². The zero-order valence-corrected chi connectivity index (χ0v) is 14.9. The number of nitrogens with zero attached hydrogens (tertiary/aromatic N) is 2. The molecule has 1 N–H and O–H groups in total. The van der Waals surface area contributed by atoms with Crippen LogP contribution in [-0.2, 0) is 11.3 Å². The third kappa shape index (κ3) is 4.35. The van der Waals surface area contributed by atoms with Gasteiger partial charge >= 0.3 is 5.97 Å². The summed E-state index contributed by atoms with van der Waals surface area (Å²) in [5.74, 6) is -1.08. The number of likely N-dealkylation sites (tertiary alicyclic amines) is 1. The molecule has 1 aromatic rings. The molecule has 5 heteroatoms. The number of carboxylic acid groups (broad SMARTS) is 1. The summed E-state index contributed by atoms with van der Waals surface area (Å²) in [6, 6.07) is 7.36. The molecule has 132 valence electrons. The van der Waals surface area contributed by atoms with Crippen LogP contribution >= 0.6 is 0 Å². The van der Waals surface area contributed by atoms with Crippen molar-refractivity contribution < 1.29 is 14.7 Å². The number of benzene rings is 1. The van der Waals surface area contributed by atoms with Crippen molar-refractivity contribution in [3.05, 3.63) is 35.4 Å². The van der Waals surface area contributed by atoms with Crippen molar-refractivity contribution in [1.29, 1.82) is 0 Å². The predicted molar refractivity (Wildman–Crippen MR) is 94.0 cm³/mol. The lowest BCUT2D eigenvalue weighted by Crippen LogP contribution is -2.47. The average molecular weight is 332 g/mol. The minimum absolute atomic E-state index is 0.176. The molecule has 0 bridgehead atoms. The number of piperidine rings is 1. The lowest BCUT2D eigenvalue weighted by atomic mass is 10.0. The molecular formula is C19H28N2O3.